The average Bonchev–Trinajstić information content (AvgIpc) is 3.55. The highest BCUT2D eigenvalue weighted by molar-refractivity contribution is 5.83. The van der Waals surface area contributed by atoms with Gasteiger partial charge in [-0.25, -0.2) is 0 Å². The molecule has 32 heavy (non-hydrogen) atoms. The van der Waals surface area contributed by atoms with Gasteiger partial charge in [-0.2, -0.15) is 5.26 Å². The fourth-order valence-corrected chi connectivity index (χ4v) is 4.43. The number of benzene rings is 2. The molecule has 1 saturated carbocycles. The quantitative estimate of drug-likeness (QED) is 0.704. The van der Waals surface area contributed by atoms with E-state index in [1.54, 1.807) is 0 Å². The largest absolute Gasteiger partial charge is 0.336 e. The first-order valence-corrected chi connectivity index (χ1v) is 11.5. The number of nitrogens with two attached hydrogens (primary N) is 1. The summed E-state index contributed by atoms with van der Waals surface area (Å²) in [5.74, 6) is -0.231. The van der Waals surface area contributed by atoms with E-state index in [0.717, 1.165) is 43.9 Å². The van der Waals surface area contributed by atoms with Crippen LogP contribution < -0.4 is 11.1 Å². The molecular weight excluding hydrogens is 398 g/mol. The third kappa shape index (κ3) is 4.86. The molecule has 4 rings (SSSR count). The minimum absolute atomic E-state index is 0.0144. The lowest BCUT2D eigenvalue weighted by Gasteiger charge is -2.32. The monoisotopic (exact) mass is 431 g/mol. The average molecular weight is 432 g/mol. The van der Waals surface area contributed by atoms with E-state index in [2.05, 4.69) is 76.8 Å². The SMILES string of the molecule is CC[C@H](N)C(=O)N[C@]1(C#N)C[C@@H]1c1ccc(-c2ccc(CN3CCN(C)CC3)cc2)cc1. The molecule has 1 amide bonds. The summed E-state index contributed by atoms with van der Waals surface area (Å²) in [5, 5.41) is 12.5. The molecule has 0 radical (unpaired) electrons. The van der Waals surface area contributed by atoms with Crippen LogP contribution in [0.3, 0.4) is 0 Å². The topological polar surface area (TPSA) is 85.4 Å². The number of carbonyl (C=O) groups is 1. The Labute approximate surface area is 191 Å². The van der Waals surface area contributed by atoms with Gasteiger partial charge in [-0.1, -0.05) is 55.5 Å². The molecule has 2 aliphatic rings. The smallest absolute Gasteiger partial charge is 0.238 e. The van der Waals surface area contributed by atoms with Crippen molar-refractivity contribution in [1.29, 1.82) is 5.26 Å². The molecule has 3 N–H and O–H groups in total. The maximum atomic E-state index is 12.2. The van der Waals surface area contributed by atoms with E-state index < -0.39 is 11.6 Å². The second-order valence-electron chi connectivity index (χ2n) is 9.24. The van der Waals surface area contributed by atoms with Crippen LogP contribution in [0.2, 0.25) is 0 Å². The van der Waals surface area contributed by atoms with Crippen molar-refractivity contribution in [3.63, 3.8) is 0 Å². The summed E-state index contributed by atoms with van der Waals surface area (Å²) in [4.78, 5) is 17.1. The fourth-order valence-electron chi connectivity index (χ4n) is 4.43. The summed E-state index contributed by atoms with van der Waals surface area (Å²) in [7, 11) is 2.18. The number of carbonyl (C=O) groups excluding carboxylic acids is 1. The van der Waals surface area contributed by atoms with E-state index in [9.17, 15) is 10.1 Å². The van der Waals surface area contributed by atoms with Crippen LogP contribution in [0.15, 0.2) is 48.5 Å². The Hall–Kier alpha value is -2.72. The van der Waals surface area contributed by atoms with E-state index in [1.165, 1.54) is 11.1 Å². The second kappa shape index (κ2) is 9.41. The first-order valence-electron chi connectivity index (χ1n) is 11.5. The van der Waals surface area contributed by atoms with Gasteiger partial charge in [-0.15, -0.1) is 0 Å². The molecule has 0 unspecified atom stereocenters. The lowest BCUT2D eigenvalue weighted by Crippen LogP contribution is -2.46. The number of nitrogens with one attached hydrogen (secondary N) is 1. The van der Waals surface area contributed by atoms with Gasteiger partial charge in [-0.3, -0.25) is 9.69 Å². The molecule has 1 aliphatic carbocycles. The number of hydrogen-bond acceptors (Lipinski definition) is 5. The maximum absolute atomic E-state index is 12.2. The third-order valence-corrected chi connectivity index (χ3v) is 6.89. The van der Waals surface area contributed by atoms with Crippen molar-refractivity contribution in [3.8, 4) is 17.2 Å². The first kappa shape index (κ1) is 22.5. The predicted octanol–water partition coefficient (Wildman–Crippen LogP) is 2.70. The van der Waals surface area contributed by atoms with E-state index in [4.69, 9.17) is 5.73 Å². The van der Waals surface area contributed by atoms with Crippen molar-refractivity contribution >= 4 is 5.91 Å². The zero-order valence-corrected chi connectivity index (χ0v) is 19.1. The highest BCUT2D eigenvalue weighted by Crippen LogP contribution is 2.51. The van der Waals surface area contributed by atoms with Crippen LogP contribution in [0, 0.1) is 11.3 Å². The Morgan fingerprint density at radius 2 is 1.72 bits per heavy atom. The van der Waals surface area contributed by atoms with Crippen molar-refractivity contribution < 1.29 is 4.79 Å². The highest BCUT2D eigenvalue weighted by atomic mass is 16.2. The number of likely N-dealkylation sites (N-methyl/N-ethyl adjacent to an activating group) is 1. The van der Waals surface area contributed by atoms with Gasteiger partial charge in [0.05, 0.1) is 12.1 Å². The normalized spacial score (nSPS) is 24.5. The van der Waals surface area contributed by atoms with Gasteiger partial charge >= 0.3 is 0 Å². The highest BCUT2D eigenvalue weighted by Gasteiger charge is 2.57. The van der Waals surface area contributed by atoms with Gasteiger partial charge < -0.3 is 16.0 Å². The molecule has 0 aromatic heterocycles. The van der Waals surface area contributed by atoms with Crippen molar-refractivity contribution in [3.05, 3.63) is 59.7 Å². The maximum Gasteiger partial charge on any atom is 0.238 e. The summed E-state index contributed by atoms with van der Waals surface area (Å²) in [6.45, 7) is 7.37. The van der Waals surface area contributed by atoms with E-state index >= 15 is 0 Å². The van der Waals surface area contributed by atoms with Gasteiger partial charge in [0.15, 0.2) is 0 Å². The molecule has 1 heterocycles. The minimum Gasteiger partial charge on any atom is -0.336 e. The molecule has 6 heteroatoms. The molecule has 3 atom stereocenters. The summed E-state index contributed by atoms with van der Waals surface area (Å²) in [5.41, 5.74) is 9.75. The van der Waals surface area contributed by atoms with Crippen LogP contribution in [-0.2, 0) is 11.3 Å². The van der Waals surface area contributed by atoms with Crippen molar-refractivity contribution in [2.45, 2.75) is 43.8 Å². The molecule has 2 fully saturated rings. The van der Waals surface area contributed by atoms with Crippen molar-refractivity contribution in [2.75, 3.05) is 33.2 Å². The number of piperazine rings is 1. The van der Waals surface area contributed by atoms with E-state index in [-0.39, 0.29) is 11.8 Å². The lowest BCUT2D eigenvalue weighted by atomic mass is 9.99. The Morgan fingerprint density at radius 3 is 2.28 bits per heavy atom. The van der Waals surface area contributed by atoms with Crippen LogP contribution in [0.25, 0.3) is 11.1 Å². The van der Waals surface area contributed by atoms with Gasteiger partial charge in [-0.05, 0) is 42.1 Å². The predicted molar refractivity (Wildman–Crippen MR) is 127 cm³/mol. The summed E-state index contributed by atoms with van der Waals surface area (Å²) < 4.78 is 0. The summed E-state index contributed by atoms with van der Waals surface area (Å²) in [6, 6.07) is 18.9. The number of hydrogen-bond donors (Lipinski definition) is 2. The molecular formula is C26H33N5O. The second-order valence-corrected chi connectivity index (χ2v) is 9.24. The minimum atomic E-state index is -0.823. The number of rotatable bonds is 7. The third-order valence-electron chi connectivity index (χ3n) is 6.89. The zero-order valence-electron chi connectivity index (χ0n) is 19.1. The van der Waals surface area contributed by atoms with Gasteiger partial charge in [0.25, 0.3) is 0 Å². The number of nitrogens with zero attached hydrogens (tertiary/aromatic N) is 3. The molecule has 168 valence electrons. The molecule has 2 aromatic rings. The Balaban J connectivity index is 1.38. The van der Waals surface area contributed by atoms with Crippen LogP contribution >= 0.6 is 0 Å². The van der Waals surface area contributed by atoms with Crippen molar-refractivity contribution in [2.24, 2.45) is 5.73 Å². The standard InChI is InChI=1S/C26H33N5O/c1-3-24(28)25(32)29-26(18-27)16-23(26)22-10-8-21(9-11-22)20-6-4-19(5-7-20)17-31-14-12-30(2)13-15-31/h4-11,23-24H,3,12-17,28H2,1-2H3,(H,29,32)/t23-,24+,26+/m1/s1. The van der Waals surface area contributed by atoms with Crippen molar-refractivity contribution in [1.82, 2.24) is 15.1 Å². The molecule has 6 nitrogen and oxygen atoms in total. The van der Waals surface area contributed by atoms with Crippen LogP contribution in [0.4, 0.5) is 0 Å². The van der Waals surface area contributed by atoms with E-state index in [1.807, 2.05) is 6.92 Å². The summed E-state index contributed by atoms with van der Waals surface area (Å²) >= 11 is 0. The summed E-state index contributed by atoms with van der Waals surface area (Å²) in [6.07, 6.45) is 1.19. The van der Waals surface area contributed by atoms with E-state index in [0.29, 0.717) is 12.8 Å². The molecule has 2 aromatic carbocycles. The Morgan fingerprint density at radius 1 is 1.12 bits per heavy atom. The number of nitriles is 1. The van der Waals surface area contributed by atoms with Gasteiger partial charge in [0.2, 0.25) is 5.91 Å². The Bertz CT molecular complexity index is 973. The first-order chi connectivity index (χ1) is 15.4. The van der Waals surface area contributed by atoms with Gasteiger partial charge in [0, 0.05) is 38.6 Å². The molecule has 0 bridgehead atoms. The Kier molecular flexibility index (Phi) is 6.61. The number of amides is 1. The zero-order chi connectivity index (χ0) is 22.7. The molecule has 0 spiro atoms. The molecule has 1 saturated heterocycles. The van der Waals surface area contributed by atoms with Crippen LogP contribution in [-0.4, -0.2) is 60.5 Å². The molecule has 1 aliphatic heterocycles. The van der Waals surface area contributed by atoms with Crippen LogP contribution in [0.5, 0.6) is 0 Å². The van der Waals surface area contributed by atoms with Crippen LogP contribution in [0.1, 0.15) is 36.8 Å². The lowest BCUT2D eigenvalue weighted by molar-refractivity contribution is -0.123. The fraction of sp³-hybridized carbons (Fsp3) is 0.462. The van der Waals surface area contributed by atoms with Gasteiger partial charge in [0.1, 0.15) is 5.54 Å².